The first-order chi connectivity index (χ1) is 5.15. The van der Waals surface area contributed by atoms with Crippen LogP contribution >= 0.6 is 15.9 Å². The Morgan fingerprint density at radius 1 is 1.55 bits per heavy atom. The third kappa shape index (κ3) is 1.60. The second kappa shape index (κ2) is 3.05. The van der Waals surface area contributed by atoms with Gasteiger partial charge < -0.3 is 5.11 Å². The summed E-state index contributed by atoms with van der Waals surface area (Å²) in [7, 11) is 0. The van der Waals surface area contributed by atoms with E-state index in [-0.39, 0.29) is 5.75 Å². The molecule has 1 aromatic carbocycles. The van der Waals surface area contributed by atoms with Crippen LogP contribution in [0.25, 0.3) is 0 Å². The average molecular weight is 215 g/mol. The normalized spacial score (nSPS) is 9.64. The first kappa shape index (κ1) is 8.27. The molecule has 0 saturated carbocycles. The summed E-state index contributed by atoms with van der Waals surface area (Å²) in [5.74, 6) is 0.104. The molecule has 0 heterocycles. The van der Waals surface area contributed by atoms with Crippen molar-refractivity contribution in [2.75, 3.05) is 0 Å². The van der Waals surface area contributed by atoms with Gasteiger partial charge in [-0.2, -0.15) is 0 Å². The Morgan fingerprint density at radius 3 is 2.64 bits per heavy atom. The number of aldehydes is 1. The third-order valence-electron chi connectivity index (χ3n) is 1.39. The van der Waals surface area contributed by atoms with Gasteiger partial charge in [0.15, 0.2) is 0 Å². The molecule has 0 aliphatic heterocycles. The van der Waals surface area contributed by atoms with E-state index in [1.165, 1.54) is 6.07 Å². The SMILES string of the molecule is Cc1cc(C=O)cc(O)c1Br. The predicted octanol–water partition coefficient (Wildman–Crippen LogP) is 2.28. The quantitative estimate of drug-likeness (QED) is 0.729. The molecular formula is C8H7BrO2. The van der Waals surface area contributed by atoms with Gasteiger partial charge >= 0.3 is 0 Å². The molecule has 0 aliphatic rings. The van der Waals surface area contributed by atoms with E-state index in [0.29, 0.717) is 16.3 Å². The molecule has 0 fully saturated rings. The highest BCUT2D eigenvalue weighted by molar-refractivity contribution is 9.10. The number of phenols is 1. The number of aryl methyl sites for hydroxylation is 1. The van der Waals surface area contributed by atoms with Crippen LogP contribution in [0.5, 0.6) is 5.75 Å². The van der Waals surface area contributed by atoms with Crippen molar-refractivity contribution in [3.63, 3.8) is 0 Å². The lowest BCUT2D eigenvalue weighted by Crippen LogP contribution is -1.83. The van der Waals surface area contributed by atoms with E-state index >= 15 is 0 Å². The van der Waals surface area contributed by atoms with Crippen molar-refractivity contribution in [3.05, 3.63) is 27.7 Å². The van der Waals surface area contributed by atoms with Gasteiger partial charge in [-0.25, -0.2) is 0 Å². The summed E-state index contributed by atoms with van der Waals surface area (Å²) in [5, 5.41) is 9.21. The number of carbonyl (C=O) groups is 1. The number of hydrogen-bond donors (Lipinski definition) is 1. The fourth-order valence-electron chi connectivity index (χ4n) is 0.846. The topological polar surface area (TPSA) is 37.3 Å². The van der Waals surface area contributed by atoms with Crippen molar-refractivity contribution >= 4 is 22.2 Å². The van der Waals surface area contributed by atoms with Crippen LogP contribution in [-0.4, -0.2) is 11.4 Å². The van der Waals surface area contributed by atoms with Crippen LogP contribution < -0.4 is 0 Å². The van der Waals surface area contributed by atoms with E-state index in [2.05, 4.69) is 15.9 Å². The van der Waals surface area contributed by atoms with Gasteiger partial charge in [0.2, 0.25) is 0 Å². The molecule has 0 radical (unpaired) electrons. The molecule has 0 bridgehead atoms. The van der Waals surface area contributed by atoms with Crippen LogP contribution in [0.4, 0.5) is 0 Å². The molecule has 1 aromatic rings. The number of phenolic OH excluding ortho intramolecular Hbond substituents is 1. The maximum Gasteiger partial charge on any atom is 0.150 e. The first-order valence-corrected chi connectivity index (χ1v) is 3.88. The second-order valence-corrected chi connectivity index (χ2v) is 3.08. The highest BCUT2D eigenvalue weighted by Crippen LogP contribution is 2.27. The highest BCUT2D eigenvalue weighted by Gasteiger charge is 2.02. The van der Waals surface area contributed by atoms with Gasteiger partial charge in [0, 0.05) is 5.56 Å². The minimum absolute atomic E-state index is 0.104. The van der Waals surface area contributed by atoms with Crippen molar-refractivity contribution in [2.24, 2.45) is 0 Å². The minimum Gasteiger partial charge on any atom is -0.507 e. The maximum atomic E-state index is 10.3. The third-order valence-corrected chi connectivity index (χ3v) is 2.43. The summed E-state index contributed by atoms with van der Waals surface area (Å²) < 4.78 is 0.642. The molecule has 11 heavy (non-hydrogen) atoms. The summed E-state index contributed by atoms with van der Waals surface area (Å²) >= 11 is 3.18. The number of benzene rings is 1. The van der Waals surface area contributed by atoms with Crippen molar-refractivity contribution in [1.29, 1.82) is 0 Å². The van der Waals surface area contributed by atoms with E-state index in [9.17, 15) is 9.90 Å². The molecule has 2 nitrogen and oxygen atoms in total. The lowest BCUT2D eigenvalue weighted by molar-refractivity contribution is 0.112. The van der Waals surface area contributed by atoms with Gasteiger partial charge in [-0.05, 0) is 40.5 Å². The van der Waals surface area contributed by atoms with Gasteiger partial charge in [-0.1, -0.05) is 0 Å². The minimum atomic E-state index is 0.104. The molecule has 3 heteroatoms. The molecule has 0 atom stereocenters. The Balaban J connectivity index is 3.31. The zero-order chi connectivity index (χ0) is 8.43. The van der Waals surface area contributed by atoms with Crippen LogP contribution in [0, 0.1) is 6.92 Å². The van der Waals surface area contributed by atoms with Crippen LogP contribution in [0.2, 0.25) is 0 Å². The van der Waals surface area contributed by atoms with Crippen LogP contribution in [0.1, 0.15) is 15.9 Å². The van der Waals surface area contributed by atoms with Gasteiger partial charge in [0.05, 0.1) is 4.47 Å². The Kier molecular flexibility index (Phi) is 2.29. The van der Waals surface area contributed by atoms with E-state index in [1.54, 1.807) is 6.07 Å². The first-order valence-electron chi connectivity index (χ1n) is 3.09. The summed E-state index contributed by atoms with van der Waals surface area (Å²) in [6.07, 6.45) is 0.708. The standard InChI is InChI=1S/C8H7BrO2/c1-5-2-6(4-10)3-7(11)8(5)9/h2-4,11H,1H3. The van der Waals surface area contributed by atoms with Crippen molar-refractivity contribution < 1.29 is 9.90 Å². The van der Waals surface area contributed by atoms with Gasteiger partial charge in [-0.15, -0.1) is 0 Å². The molecule has 1 N–H and O–H groups in total. The van der Waals surface area contributed by atoms with Gasteiger partial charge in [0.1, 0.15) is 12.0 Å². The zero-order valence-corrected chi connectivity index (χ0v) is 7.55. The van der Waals surface area contributed by atoms with E-state index in [0.717, 1.165) is 5.56 Å². The Bertz CT molecular complexity index is 271. The fourth-order valence-corrected chi connectivity index (χ4v) is 1.08. The summed E-state index contributed by atoms with van der Waals surface area (Å²) in [6, 6.07) is 3.13. The Morgan fingerprint density at radius 2 is 2.18 bits per heavy atom. The van der Waals surface area contributed by atoms with Crippen molar-refractivity contribution in [3.8, 4) is 5.75 Å². The lowest BCUT2D eigenvalue weighted by atomic mass is 10.1. The van der Waals surface area contributed by atoms with E-state index in [4.69, 9.17) is 0 Å². The molecule has 0 aliphatic carbocycles. The Labute approximate surface area is 73.0 Å². The van der Waals surface area contributed by atoms with Crippen molar-refractivity contribution in [2.45, 2.75) is 6.92 Å². The molecule has 0 aromatic heterocycles. The molecule has 1 rings (SSSR count). The van der Waals surface area contributed by atoms with Crippen molar-refractivity contribution in [1.82, 2.24) is 0 Å². The molecule has 0 spiro atoms. The largest absolute Gasteiger partial charge is 0.507 e. The Hall–Kier alpha value is -0.830. The number of aromatic hydroxyl groups is 1. The van der Waals surface area contributed by atoms with Gasteiger partial charge in [-0.3, -0.25) is 4.79 Å². The van der Waals surface area contributed by atoms with Gasteiger partial charge in [0.25, 0.3) is 0 Å². The lowest BCUT2D eigenvalue weighted by Gasteiger charge is -2.01. The van der Waals surface area contributed by atoms with E-state index < -0.39 is 0 Å². The van der Waals surface area contributed by atoms with Crippen LogP contribution in [0.3, 0.4) is 0 Å². The summed E-state index contributed by atoms with van der Waals surface area (Å²) in [5.41, 5.74) is 1.34. The molecule has 0 saturated heterocycles. The number of rotatable bonds is 1. The predicted molar refractivity (Wildman–Crippen MR) is 45.9 cm³/mol. The second-order valence-electron chi connectivity index (χ2n) is 2.29. The molecule has 0 amide bonds. The number of halogens is 1. The smallest absolute Gasteiger partial charge is 0.150 e. The maximum absolute atomic E-state index is 10.3. The molecular weight excluding hydrogens is 208 g/mol. The summed E-state index contributed by atoms with van der Waals surface area (Å²) in [4.78, 5) is 10.3. The molecule has 58 valence electrons. The zero-order valence-electron chi connectivity index (χ0n) is 5.97. The summed E-state index contributed by atoms with van der Waals surface area (Å²) in [6.45, 7) is 1.82. The fraction of sp³-hybridized carbons (Fsp3) is 0.125. The van der Waals surface area contributed by atoms with Crippen LogP contribution in [-0.2, 0) is 0 Å². The average Bonchev–Trinajstić information content (AvgIpc) is 1.99. The molecule has 0 unspecified atom stereocenters. The highest BCUT2D eigenvalue weighted by atomic mass is 79.9. The van der Waals surface area contributed by atoms with E-state index in [1.807, 2.05) is 6.92 Å². The monoisotopic (exact) mass is 214 g/mol. The number of carbonyl (C=O) groups excluding carboxylic acids is 1. The number of hydrogen-bond acceptors (Lipinski definition) is 2. The van der Waals surface area contributed by atoms with Crippen LogP contribution in [0.15, 0.2) is 16.6 Å².